The van der Waals surface area contributed by atoms with E-state index in [9.17, 15) is 19.7 Å². The third-order valence-electron chi connectivity index (χ3n) is 2.95. The Morgan fingerprint density at radius 2 is 1.96 bits per heavy atom. The minimum atomic E-state index is -0.636. The number of carbonyl (C=O) groups excluding carboxylic acids is 2. The van der Waals surface area contributed by atoms with Crippen LogP contribution in [0.25, 0.3) is 0 Å². The molecule has 1 aromatic carbocycles. The molecule has 0 spiro atoms. The maximum Gasteiger partial charge on any atom is 0.338 e. The summed E-state index contributed by atoms with van der Waals surface area (Å²) >= 11 is 0. The van der Waals surface area contributed by atoms with Crippen molar-refractivity contribution in [1.29, 1.82) is 0 Å². The van der Waals surface area contributed by atoms with Crippen molar-refractivity contribution in [2.24, 2.45) is 0 Å². The first kappa shape index (κ1) is 16.1. The molecule has 8 nitrogen and oxygen atoms in total. The summed E-state index contributed by atoms with van der Waals surface area (Å²) in [6.45, 7) is 1.17. The predicted octanol–water partition coefficient (Wildman–Crippen LogP) is 2.09. The van der Waals surface area contributed by atoms with Gasteiger partial charge in [0.05, 0.1) is 10.5 Å². The van der Waals surface area contributed by atoms with Gasteiger partial charge >= 0.3 is 5.97 Å². The molecule has 2 aromatic rings. The normalized spacial score (nSPS) is 9.96. The number of benzene rings is 1. The Morgan fingerprint density at radius 1 is 1.26 bits per heavy atom. The molecule has 118 valence electrons. The number of nitrogens with zero attached hydrogens (tertiary/aromatic N) is 2. The molecule has 0 aliphatic carbocycles. The van der Waals surface area contributed by atoms with Crippen LogP contribution in [-0.4, -0.2) is 28.4 Å². The average molecular weight is 315 g/mol. The minimum Gasteiger partial charge on any atom is -0.452 e. The van der Waals surface area contributed by atoms with Gasteiger partial charge in [0.25, 0.3) is 11.6 Å². The van der Waals surface area contributed by atoms with Crippen molar-refractivity contribution in [3.8, 4) is 0 Å². The summed E-state index contributed by atoms with van der Waals surface area (Å²) in [7, 11) is 0. The number of pyridine rings is 1. The summed E-state index contributed by atoms with van der Waals surface area (Å²) in [5.41, 5.74) is 1.18. The van der Waals surface area contributed by atoms with Crippen LogP contribution in [0.15, 0.2) is 42.7 Å². The highest BCUT2D eigenvalue weighted by molar-refractivity contribution is 5.95. The zero-order valence-corrected chi connectivity index (χ0v) is 12.2. The lowest BCUT2D eigenvalue weighted by Crippen LogP contribution is -2.21. The second-order valence-corrected chi connectivity index (χ2v) is 4.62. The number of hydrogen-bond acceptors (Lipinski definition) is 6. The molecule has 8 heteroatoms. The molecule has 0 atom stereocenters. The van der Waals surface area contributed by atoms with E-state index in [1.54, 1.807) is 6.92 Å². The Balaban J connectivity index is 1.92. The molecule has 0 aliphatic heterocycles. The zero-order valence-electron chi connectivity index (χ0n) is 12.2. The van der Waals surface area contributed by atoms with Gasteiger partial charge in [0.1, 0.15) is 0 Å². The average Bonchev–Trinajstić information content (AvgIpc) is 2.55. The van der Waals surface area contributed by atoms with Gasteiger partial charge in [-0.3, -0.25) is 19.9 Å². The lowest BCUT2D eigenvalue weighted by Gasteiger charge is -2.08. The Kier molecular flexibility index (Phi) is 4.98. The molecule has 2 rings (SSSR count). The number of anilines is 1. The van der Waals surface area contributed by atoms with Gasteiger partial charge in [-0.05, 0) is 30.7 Å². The molecule has 0 aliphatic rings. The van der Waals surface area contributed by atoms with Gasteiger partial charge in [0.15, 0.2) is 6.61 Å². The number of aryl methyl sites for hydroxylation is 1. The van der Waals surface area contributed by atoms with Gasteiger partial charge < -0.3 is 10.1 Å². The first-order valence-corrected chi connectivity index (χ1v) is 6.59. The fourth-order valence-corrected chi connectivity index (χ4v) is 1.79. The van der Waals surface area contributed by atoms with Gasteiger partial charge in [-0.15, -0.1) is 0 Å². The minimum absolute atomic E-state index is 0.0652. The summed E-state index contributed by atoms with van der Waals surface area (Å²) in [5.74, 6) is -1.17. The van der Waals surface area contributed by atoms with E-state index >= 15 is 0 Å². The molecule has 1 aromatic heterocycles. The second-order valence-electron chi connectivity index (χ2n) is 4.62. The topological polar surface area (TPSA) is 111 Å². The lowest BCUT2D eigenvalue weighted by atomic mass is 10.2. The van der Waals surface area contributed by atoms with Gasteiger partial charge in [0, 0.05) is 30.2 Å². The third-order valence-corrected chi connectivity index (χ3v) is 2.95. The maximum absolute atomic E-state index is 11.8. The van der Waals surface area contributed by atoms with Crippen molar-refractivity contribution in [3.63, 3.8) is 0 Å². The summed E-state index contributed by atoms with van der Waals surface area (Å²) in [6.07, 6.45) is 2.88. The Hall–Kier alpha value is -3.29. The molecule has 1 amide bonds. The number of ether oxygens (including phenoxy) is 1. The van der Waals surface area contributed by atoms with E-state index in [0.717, 1.165) is 0 Å². The molecular weight excluding hydrogens is 302 g/mol. The number of nitro groups is 1. The number of non-ortho nitro benzene ring substituents is 1. The molecule has 0 radical (unpaired) electrons. The lowest BCUT2D eigenvalue weighted by molar-refractivity contribution is -0.384. The number of esters is 1. The van der Waals surface area contributed by atoms with E-state index in [0.29, 0.717) is 16.8 Å². The zero-order chi connectivity index (χ0) is 16.8. The quantitative estimate of drug-likeness (QED) is 0.513. The second kappa shape index (κ2) is 7.12. The van der Waals surface area contributed by atoms with Crippen molar-refractivity contribution in [2.45, 2.75) is 6.92 Å². The number of amides is 1. The van der Waals surface area contributed by atoms with Crippen molar-refractivity contribution in [2.75, 3.05) is 11.9 Å². The van der Waals surface area contributed by atoms with Crippen LogP contribution in [0, 0.1) is 17.0 Å². The van der Waals surface area contributed by atoms with Crippen molar-refractivity contribution in [3.05, 3.63) is 64.0 Å². The standard InChI is InChI=1S/C15H13N3O5/c1-10-8-12(18(21)22)2-3-13(10)17-14(19)9-23-15(20)11-4-6-16-7-5-11/h2-8H,9H2,1H3,(H,17,19). The fourth-order valence-electron chi connectivity index (χ4n) is 1.79. The van der Waals surface area contributed by atoms with Crippen LogP contribution in [-0.2, 0) is 9.53 Å². The van der Waals surface area contributed by atoms with E-state index in [1.165, 1.54) is 42.7 Å². The van der Waals surface area contributed by atoms with Crippen LogP contribution < -0.4 is 5.32 Å². The number of carbonyl (C=O) groups is 2. The third kappa shape index (κ3) is 4.34. The fraction of sp³-hybridized carbons (Fsp3) is 0.133. The van der Waals surface area contributed by atoms with E-state index in [4.69, 9.17) is 4.74 Å². The van der Waals surface area contributed by atoms with Crippen LogP contribution in [0.1, 0.15) is 15.9 Å². The van der Waals surface area contributed by atoms with Crippen LogP contribution in [0.2, 0.25) is 0 Å². The summed E-state index contributed by atoms with van der Waals surface area (Å²) in [5, 5.41) is 13.2. The largest absolute Gasteiger partial charge is 0.452 e. The van der Waals surface area contributed by atoms with E-state index in [1.807, 2.05) is 0 Å². The van der Waals surface area contributed by atoms with Crippen molar-refractivity contribution >= 4 is 23.3 Å². The Labute approximate surface area is 131 Å². The first-order valence-electron chi connectivity index (χ1n) is 6.59. The highest BCUT2D eigenvalue weighted by atomic mass is 16.6. The molecule has 0 bridgehead atoms. The highest BCUT2D eigenvalue weighted by Gasteiger charge is 2.12. The Bertz CT molecular complexity index is 746. The van der Waals surface area contributed by atoms with Gasteiger partial charge in [-0.25, -0.2) is 4.79 Å². The molecule has 1 N–H and O–H groups in total. The van der Waals surface area contributed by atoms with E-state index in [-0.39, 0.29) is 5.69 Å². The number of aromatic nitrogens is 1. The number of nitrogens with one attached hydrogen (secondary N) is 1. The SMILES string of the molecule is Cc1cc([N+](=O)[O-])ccc1NC(=O)COC(=O)c1ccncc1. The number of nitro benzene ring substituents is 1. The van der Waals surface area contributed by atoms with Crippen molar-refractivity contribution < 1.29 is 19.2 Å². The molecule has 0 saturated carbocycles. The van der Waals surface area contributed by atoms with E-state index < -0.39 is 23.4 Å². The van der Waals surface area contributed by atoms with Crippen LogP contribution in [0.4, 0.5) is 11.4 Å². The highest BCUT2D eigenvalue weighted by Crippen LogP contribution is 2.21. The van der Waals surface area contributed by atoms with Crippen LogP contribution in [0.5, 0.6) is 0 Å². The molecule has 23 heavy (non-hydrogen) atoms. The van der Waals surface area contributed by atoms with E-state index in [2.05, 4.69) is 10.3 Å². The summed E-state index contributed by atoms with van der Waals surface area (Å²) in [4.78, 5) is 37.4. The maximum atomic E-state index is 11.8. The summed E-state index contributed by atoms with van der Waals surface area (Å²) < 4.78 is 4.88. The Morgan fingerprint density at radius 3 is 2.57 bits per heavy atom. The van der Waals surface area contributed by atoms with Crippen LogP contribution >= 0.6 is 0 Å². The molecule has 0 fully saturated rings. The summed E-state index contributed by atoms with van der Waals surface area (Å²) in [6, 6.07) is 7.00. The van der Waals surface area contributed by atoms with Gasteiger partial charge in [-0.2, -0.15) is 0 Å². The predicted molar refractivity (Wildman–Crippen MR) is 81.0 cm³/mol. The number of hydrogen-bond donors (Lipinski definition) is 1. The molecular formula is C15H13N3O5. The van der Waals surface area contributed by atoms with Crippen LogP contribution in [0.3, 0.4) is 0 Å². The molecule has 0 unspecified atom stereocenters. The molecule has 0 saturated heterocycles. The molecule has 1 heterocycles. The monoisotopic (exact) mass is 315 g/mol. The van der Waals surface area contributed by atoms with Gasteiger partial charge in [0.2, 0.25) is 0 Å². The first-order chi connectivity index (χ1) is 11.0. The number of rotatable bonds is 5. The van der Waals surface area contributed by atoms with Crippen molar-refractivity contribution in [1.82, 2.24) is 4.98 Å². The smallest absolute Gasteiger partial charge is 0.338 e. The van der Waals surface area contributed by atoms with Gasteiger partial charge in [-0.1, -0.05) is 0 Å².